The van der Waals surface area contributed by atoms with Crippen molar-refractivity contribution < 1.29 is 17.9 Å². The standard InChI is InChI=1S/C13H11F3N2O/c1-8-7-9(2)18-12(17-8)10-3-5-11(6-4-10)19-13(14,15)16/h3-7H,1-2H3. The third kappa shape index (κ3) is 3.67. The number of hydrogen-bond acceptors (Lipinski definition) is 3. The van der Waals surface area contributed by atoms with Crippen molar-refractivity contribution in [3.05, 3.63) is 41.7 Å². The van der Waals surface area contributed by atoms with Crippen molar-refractivity contribution >= 4 is 0 Å². The largest absolute Gasteiger partial charge is 0.573 e. The van der Waals surface area contributed by atoms with Crippen molar-refractivity contribution in [1.29, 1.82) is 0 Å². The molecule has 0 unspecified atom stereocenters. The summed E-state index contributed by atoms with van der Waals surface area (Å²) < 4.78 is 39.9. The first-order valence-corrected chi connectivity index (χ1v) is 5.52. The fourth-order valence-electron chi connectivity index (χ4n) is 1.66. The molecular formula is C13H11F3N2O. The van der Waals surface area contributed by atoms with E-state index in [9.17, 15) is 13.2 Å². The summed E-state index contributed by atoms with van der Waals surface area (Å²) in [6, 6.07) is 7.29. The van der Waals surface area contributed by atoms with Gasteiger partial charge in [-0.25, -0.2) is 9.97 Å². The van der Waals surface area contributed by atoms with Gasteiger partial charge in [-0.1, -0.05) is 0 Å². The predicted octanol–water partition coefficient (Wildman–Crippen LogP) is 3.66. The highest BCUT2D eigenvalue weighted by Gasteiger charge is 2.30. The zero-order valence-electron chi connectivity index (χ0n) is 10.3. The summed E-state index contributed by atoms with van der Waals surface area (Å²) in [6.07, 6.45) is -4.68. The Kier molecular flexibility index (Phi) is 3.42. The molecule has 0 atom stereocenters. The van der Waals surface area contributed by atoms with Crippen LogP contribution in [0, 0.1) is 13.8 Å². The summed E-state index contributed by atoms with van der Waals surface area (Å²) in [5, 5.41) is 0. The van der Waals surface area contributed by atoms with Crippen LogP contribution in [0.1, 0.15) is 11.4 Å². The van der Waals surface area contributed by atoms with E-state index < -0.39 is 6.36 Å². The molecule has 0 fully saturated rings. The Labute approximate surface area is 108 Å². The highest BCUT2D eigenvalue weighted by molar-refractivity contribution is 5.56. The summed E-state index contributed by atoms with van der Waals surface area (Å²) in [6.45, 7) is 3.67. The van der Waals surface area contributed by atoms with Crippen LogP contribution in [0.4, 0.5) is 13.2 Å². The normalized spacial score (nSPS) is 11.4. The van der Waals surface area contributed by atoms with Crippen LogP contribution in [0.3, 0.4) is 0 Å². The highest BCUT2D eigenvalue weighted by Crippen LogP contribution is 2.25. The molecule has 2 rings (SSSR count). The van der Waals surface area contributed by atoms with Crippen molar-refractivity contribution in [2.75, 3.05) is 0 Å². The van der Waals surface area contributed by atoms with Crippen LogP contribution >= 0.6 is 0 Å². The molecule has 0 saturated heterocycles. The number of aromatic nitrogens is 2. The summed E-state index contributed by atoms with van der Waals surface area (Å²) in [5.74, 6) is 0.219. The lowest BCUT2D eigenvalue weighted by Gasteiger charge is -2.09. The van der Waals surface area contributed by atoms with Gasteiger partial charge in [0.1, 0.15) is 5.75 Å². The molecule has 0 bridgehead atoms. The molecule has 0 spiro atoms. The van der Waals surface area contributed by atoms with Gasteiger partial charge < -0.3 is 4.74 Å². The van der Waals surface area contributed by atoms with Crippen LogP contribution in [-0.4, -0.2) is 16.3 Å². The number of rotatable bonds is 2. The van der Waals surface area contributed by atoms with Gasteiger partial charge in [0.05, 0.1) is 0 Å². The minimum atomic E-state index is -4.68. The maximum absolute atomic E-state index is 12.0. The number of nitrogens with zero attached hydrogens (tertiary/aromatic N) is 2. The molecule has 0 aliphatic heterocycles. The van der Waals surface area contributed by atoms with Gasteiger partial charge in [0, 0.05) is 17.0 Å². The molecule has 19 heavy (non-hydrogen) atoms. The molecule has 0 radical (unpaired) electrons. The molecule has 0 amide bonds. The third-order valence-corrected chi connectivity index (χ3v) is 2.33. The second-order valence-corrected chi connectivity index (χ2v) is 4.05. The van der Waals surface area contributed by atoms with E-state index in [-0.39, 0.29) is 5.75 Å². The van der Waals surface area contributed by atoms with E-state index in [0.29, 0.717) is 11.4 Å². The lowest BCUT2D eigenvalue weighted by atomic mass is 10.2. The van der Waals surface area contributed by atoms with E-state index in [1.807, 2.05) is 19.9 Å². The monoisotopic (exact) mass is 268 g/mol. The Balaban J connectivity index is 2.27. The quantitative estimate of drug-likeness (QED) is 0.833. The summed E-state index contributed by atoms with van der Waals surface area (Å²) >= 11 is 0. The van der Waals surface area contributed by atoms with Crippen LogP contribution in [-0.2, 0) is 0 Å². The molecule has 100 valence electrons. The SMILES string of the molecule is Cc1cc(C)nc(-c2ccc(OC(F)(F)F)cc2)n1. The first kappa shape index (κ1) is 13.3. The van der Waals surface area contributed by atoms with Gasteiger partial charge >= 0.3 is 6.36 Å². The number of benzene rings is 1. The average Bonchev–Trinajstić information content (AvgIpc) is 2.26. The van der Waals surface area contributed by atoms with Gasteiger partial charge in [0.25, 0.3) is 0 Å². The fourth-order valence-corrected chi connectivity index (χ4v) is 1.66. The van der Waals surface area contributed by atoms with Gasteiger partial charge in [0.2, 0.25) is 0 Å². The smallest absolute Gasteiger partial charge is 0.406 e. The van der Waals surface area contributed by atoms with Crippen molar-refractivity contribution in [3.8, 4) is 17.1 Å². The zero-order chi connectivity index (χ0) is 14.0. The molecule has 0 saturated carbocycles. The molecule has 6 heteroatoms. The second kappa shape index (κ2) is 4.87. The molecule has 2 aromatic rings. The maximum Gasteiger partial charge on any atom is 0.573 e. The topological polar surface area (TPSA) is 35.0 Å². The van der Waals surface area contributed by atoms with Gasteiger partial charge in [-0.15, -0.1) is 13.2 Å². The van der Waals surface area contributed by atoms with E-state index in [0.717, 1.165) is 11.4 Å². The molecule has 0 aliphatic rings. The van der Waals surface area contributed by atoms with Crippen molar-refractivity contribution in [2.24, 2.45) is 0 Å². The van der Waals surface area contributed by atoms with E-state index in [1.54, 1.807) is 0 Å². The van der Waals surface area contributed by atoms with E-state index in [1.165, 1.54) is 24.3 Å². The number of aryl methyl sites for hydroxylation is 2. The van der Waals surface area contributed by atoms with Crippen molar-refractivity contribution in [1.82, 2.24) is 9.97 Å². The van der Waals surface area contributed by atoms with Crippen molar-refractivity contribution in [3.63, 3.8) is 0 Å². The highest BCUT2D eigenvalue weighted by atomic mass is 19.4. The molecule has 0 N–H and O–H groups in total. The number of ether oxygens (including phenoxy) is 1. The van der Waals surface area contributed by atoms with Gasteiger partial charge in [-0.3, -0.25) is 0 Å². The van der Waals surface area contributed by atoms with Crippen LogP contribution in [0.15, 0.2) is 30.3 Å². The number of halogens is 3. The zero-order valence-corrected chi connectivity index (χ0v) is 10.3. The molecule has 1 heterocycles. The Morgan fingerprint density at radius 2 is 1.47 bits per heavy atom. The lowest BCUT2D eigenvalue weighted by Crippen LogP contribution is -2.16. The summed E-state index contributed by atoms with van der Waals surface area (Å²) in [5.41, 5.74) is 2.25. The Morgan fingerprint density at radius 1 is 0.947 bits per heavy atom. The van der Waals surface area contributed by atoms with Crippen LogP contribution in [0.2, 0.25) is 0 Å². The van der Waals surface area contributed by atoms with Crippen LogP contribution in [0.25, 0.3) is 11.4 Å². The van der Waals surface area contributed by atoms with Crippen LogP contribution < -0.4 is 4.74 Å². The van der Waals surface area contributed by atoms with Gasteiger partial charge in [-0.2, -0.15) is 0 Å². The first-order chi connectivity index (χ1) is 8.83. The Morgan fingerprint density at radius 3 is 1.95 bits per heavy atom. The number of hydrogen-bond donors (Lipinski definition) is 0. The molecular weight excluding hydrogens is 257 g/mol. The van der Waals surface area contributed by atoms with E-state index in [2.05, 4.69) is 14.7 Å². The summed E-state index contributed by atoms with van der Waals surface area (Å²) in [7, 11) is 0. The predicted molar refractivity (Wildman–Crippen MR) is 63.6 cm³/mol. The molecule has 1 aromatic heterocycles. The van der Waals surface area contributed by atoms with Gasteiger partial charge in [-0.05, 0) is 44.2 Å². The molecule has 3 nitrogen and oxygen atoms in total. The first-order valence-electron chi connectivity index (χ1n) is 5.52. The van der Waals surface area contributed by atoms with Crippen molar-refractivity contribution in [2.45, 2.75) is 20.2 Å². The minimum Gasteiger partial charge on any atom is -0.406 e. The van der Waals surface area contributed by atoms with E-state index >= 15 is 0 Å². The second-order valence-electron chi connectivity index (χ2n) is 4.05. The van der Waals surface area contributed by atoms with E-state index in [4.69, 9.17) is 0 Å². The number of alkyl halides is 3. The minimum absolute atomic E-state index is 0.263. The Bertz CT molecular complexity index is 559. The average molecular weight is 268 g/mol. The van der Waals surface area contributed by atoms with Gasteiger partial charge in [0.15, 0.2) is 5.82 Å². The molecule has 1 aromatic carbocycles. The fraction of sp³-hybridized carbons (Fsp3) is 0.231. The maximum atomic E-state index is 12.0. The van der Waals surface area contributed by atoms with Crippen LogP contribution in [0.5, 0.6) is 5.75 Å². The third-order valence-electron chi connectivity index (χ3n) is 2.33. The summed E-state index contributed by atoms with van der Waals surface area (Å²) in [4.78, 5) is 8.47. The molecule has 0 aliphatic carbocycles. The Hall–Kier alpha value is -2.11. The lowest BCUT2D eigenvalue weighted by molar-refractivity contribution is -0.274.